The second kappa shape index (κ2) is 8.81. The van der Waals surface area contributed by atoms with Gasteiger partial charge in [-0.15, -0.1) is 0 Å². The molecule has 1 aromatic carbocycles. The quantitative estimate of drug-likeness (QED) is 0.744. The Morgan fingerprint density at radius 3 is 2.56 bits per heavy atom. The van der Waals surface area contributed by atoms with E-state index >= 15 is 0 Å². The first-order valence-corrected chi connectivity index (χ1v) is 8.01. The van der Waals surface area contributed by atoms with E-state index in [1.807, 2.05) is 4.90 Å². The number of benzene rings is 1. The number of nitrogens with zero attached hydrogens (tertiary/aromatic N) is 2. The number of aromatic nitrogens is 1. The molecule has 146 valence electrons. The van der Waals surface area contributed by atoms with Crippen molar-refractivity contribution >= 4 is 5.91 Å². The lowest BCUT2D eigenvalue weighted by Gasteiger charge is -2.25. The number of hydrogen-bond donors (Lipinski definition) is 1. The zero-order chi connectivity index (χ0) is 20.0. The summed E-state index contributed by atoms with van der Waals surface area (Å²) in [5.41, 5.74) is 0.875. The zero-order valence-corrected chi connectivity index (χ0v) is 14.8. The lowest BCUT2D eigenvalue weighted by atomic mass is 10.1. The fourth-order valence-electron chi connectivity index (χ4n) is 2.36. The van der Waals surface area contributed by atoms with E-state index in [9.17, 15) is 22.4 Å². The number of likely N-dealkylation sites (N-methyl/N-ethyl adjacent to an activating group) is 1. The maximum atomic E-state index is 13.4. The fourth-order valence-corrected chi connectivity index (χ4v) is 2.36. The predicted octanol–water partition coefficient (Wildman–Crippen LogP) is 3.19. The summed E-state index contributed by atoms with van der Waals surface area (Å²) in [6, 6.07) is 8.33. The van der Waals surface area contributed by atoms with Crippen molar-refractivity contribution in [2.24, 2.45) is 0 Å². The number of halogens is 4. The van der Waals surface area contributed by atoms with Crippen molar-refractivity contribution in [3.63, 3.8) is 0 Å². The first kappa shape index (κ1) is 20.6. The summed E-state index contributed by atoms with van der Waals surface area (Å²) < 4.78 is 54.3. The number of alkyl halides is 3. The molecule has 5 nitrogen and oxygen atoms in total. The molecule has 1 amide bonds. The first-order chi connectivity index (χ1) is 12.7. The van der Waals surface area contributed by atoms with Crippen molar-refractivity contribution in [3.8, 4) is 5.88 Å². The molecule has 1 heterocycles. The third-order valence-corrected chi connectivity index (χ3v) is 3.70. The van der Waals surface area contributed by atoms with Gasteiger partial charge in [0.2, 0.25) is 5.88 Å². The molecule has 0 spiro atoms. The summed E-state index contributed by atoms with van der Waals surface area (Å²) in [6.45, 7) is -1.24. The Balaban J connectivity index is 1.97. The van der Waals surface area contributed by atoms with E-state index in [4.69, 9.17) is 0 Å². The molecule has 0 aliphatic rings. The van der Waals surface area contributed by atoms with Crippen LogP contribution in [0.1, 0.15) is 22.0 Å². The molecule has 0 radical (unpaired) electrons. The van der Waals surface area contributed by atoms with Gasteiger partial charge in [-0.3, -0.25) is 4.79 Å². The van der Waals surface area contributed by atoms with E-state index in [0.29, 0.717) is 5.56 Å². The highest BCUT2D eigenvalue weighted by molar-refractivity contribution is 5.93. The van der Waals surface area contributed by atoms with E-state index < -0.39 is 18.7 Å². The maximum Gasteiger partial charge on any atom is 0.422 e. The molecule has 0 saturated heterocycles. The average molecular weight is 385 g/mol. The van der Waals surface area contributed by atoms with Crippen molar-refractivity contribution in [2.45, 2.75) is 12.2 Å². The molecule has 1 atom stereocenters. The highest BCUT2D eigenvalue weighted by Gasteiger charge is 2.28. The largest absolute Gasteiger partial charge is 0.468 e. The molecule has 1 N–H and O–H groups in total. The van der Waals surface area contributed by atoms with Gasteiger partial charge in [-0.05, 0) is 37.9 Å². The van der Waals surface area contributed by atoms with Gasteiger partial charge >= 0.3 is 6.18 Å². The normalized spacial score (nSPS) is 12.7. The van der Waals surface area contributed by atoms with Crippen molar-refractivity contribution in [1.82, 2.24) is 15.2 Å². The Hall–Kier alpha value is -2.68. The number of carbonyl (C=O) groups excluding carboxylic acids is 1. The van der Waals surface area contributed by atoms with Gasteiger partial charge < -0.3 is 15.0 Å². The van der Waals surface area contributed by atoms with Crippen LogP contribution in [0.25, 0.3) is 0 Å². The number of amides is 1. The molecule has 27 heavy (non-hydrogen) atoms. The summed E-state index contributed by atoms with van der Waals surface area (Å²) in [5, 5.41) is 2.71. The van der Waals surface area contributed by atoms with Crippen LogP contribution in [0.15, 0.2) is 42.6 Å². The topological polar surface area (TPSA) is 54.5 Å². The monoisotopic (exact) mass is 385 g/mol. The highest BCUT2D eigenvalue weighted by atomic mass is 19.4. The first-order valence-electron chi connectivity index (χ1n) is 8.01. The van der Waals surface area contributed by atoms with E-state index in [-0.39, 0.29) is 29.8 Å². The zero-order valence-electron chi connectivity index (χ0n) is 14.8. The van der Waals surface area contributed by atoms with Crippen LogP contribution < -0.4 is 10.1 Å². The van der Waals surface area contributed by atoms with Gasteiger partial charge in [0.15, 0.2) is 6.61 Å². The lowest BCUT2D eigenvalue weighted by molar-refractivity contribution is -0.154. The van der Waals surface area contributed by atoms with Crippen LogP contribution in [0.4, 0.5) is 17.6 Å². The molecule has 1 aromatic heterocycles. The Labute approximate surface area is 154 Å². The third kappa shape index (κ3) is 6.52. The SMILES string of the molecule is CN(C)[C@@H](CNC(=O)c1ccc(OCC(F)(F)F)nc1)c1cccc(F)c1. The van der Waals surface area contributed by atoms with Crippen molar-refractivity contribution < 1.29 is 27.1 Å². The molecular formula is C18H19F4N3O2. The van der Waals surface area contributed by atoms with Crippen molar-refractivity contribution in [1.29, 1.82) is 0 Å². The van der Waals surface area contributed by atoms with E-state index in [0.717, 1.165) is 6.20 Å². The minimum Gasteiger partial charge on any atom is -0.468 e. The second-order valence-electron chi connectivity index (χ2n) is 6.03. The van der Waals surface area contributed by atoms with E-state index in [2.05, 4.69) is 15.0 Å². The van der Waals surface area contributed by atoms with Gasteiger partial charge in [0.05, 0.1) is 11.6 Å². The maximum absolute atomic E-state index is 13.4. The molecule has 2 aromatic rings. The van der Waals surface area contributed by atoms with Gasteiger partial charge in [0.25, 0.3) is 5.91 Å². The van der Waals surface area contributed by atoms with Crippen molar-refractivity contribution in [3.05, 3.63) is 59.5 Å². The van der Waals surface area contributed by atoms with Crippen LogP contribution in [0.2, 0.25) is 0 Å². The third-order valence-electron chi connectivity index (χ3n) is 3.70. The molecule has 0 saturated carbocycles. The summed E-state index contributed by atoms with van der Waals surface area (Å²) in [7, 11) is 3.60. The van der Waals surface area contributed by atoms with Crippen LogP contribution in [-0.4, -0.2) is 49.2 Å². The summed E-state index contributed by atoms with van der Waals surface area (Å²) in [6.07, 6.45) is -3.33. The summed E-state index contributed by atoms with van der Waals surface area (Å²) >= 11 is 0. The number of carbonyl (C=O) groups is 1. The average Bonchev–Trinajstić information content (AvgIpc) is 2.59. The van der Waals surface area contributed by atoms with Gasteiger partial charge in [-0.1, -0.05) is 12.1 Å². The Morgan fingerprint density at radius 2 is 2.00 bits per heavy atom. The smallest absolute Gasteiger partial charge is 0.422 e. The fraction of sp³-hybridized carbons (Fsp3) is 0.333. The molecule has 0 fully saturated rings. The molecule has 0 aliphatic heterocycles. The number of hydrogen-bond acceptors (Lipinski definition) is 4. The van der Waals surface area contributed by atoms with Crippen LogP contribution in [0.3, 0.4) is 0 Å². The van der Waals surface area contributed by atoms with Crippen molar-refractivity contribution in [2.75, 3.05) is 27.2 Å². The summed E-state index contributed by atoms with van der Waals surface area (Å²) in [4.78, 5) is 17.8. The molecule has 9 heteroatoms. The Kier molecular flexibility index (Phi) is 6.73. The molecular weight excluding hydrogens is 366 g/mol. The molecule has 0 bridgehead atoms. The van der Waals surface area contributed by atoms with Gasteiger partial charge in [0.1, 0.15) is 5.82 Å². The Bertz CT molecular complexity index is 764. The van der Waals surface area contributed by atoms with Gasteiger partial charge in [-0.2, -0.15) is 13.2 Å². The van der Waals surface area contributed by atoms with Crippen LogP contribution >= 0.6 is 0 Å². The van der Waals surface area contributed by atoms with Crippen LogP contribution in [0.5, 0.6) is 5.88 Å². The molecule has 2 rings (SSSR count). The van der Waals surface area contributed by atoms with Crippen LogP contribution in [0, 0.1) is 5.82 Å². The minimum absolute atomic E-state index is 0.172. The number of rotatable bonds is 7. The standard InChI is InChI=1S/C18H19F4N3O2/c1-25(2)15(12-4-3-5-14(19)8-12)10-24-17(26)13-6-7-16(23-9-13)27-11-18(20,21)22/h3-9,15H,10-11H2,1-2H3,(H,24,26)/t15-/m0/s1. The lowest BCUT2D eigenvalue weighted by Crippen LogP contribution is -2.34. The second-order valence-corrected chi connectivity index (χ2v) is 6.03. The van der Waals surface area contributed by atoms with E-state index in [1.54, 1.807) is 26.2 Å². The number of nitrogens with one attached hydrogen (secondary N) is 1. The highest BCUT2D eigenvalue weighted by Crippen LogP contribution is 2.19. The van der Waals surface area contributed by atoms with Gasteiger partial charge in [-0.25, -0.2) is 9.37 Å². The van der Waals surface area contributed by atoms with E-state index in [1.165, 1.54) is 24.3 Å². The number of pyridine rings is 1. The summed E-state index contributed by atoms with van der Waals surface area (Å²) in [5.74, 6) is -1.05. The van der Waals surface area contributed by atoms with Gasteiger partial charge in [0, 0.05) is 18.8 Å². The minimum atomic E-state index is -4.46. The Morgan fingerprint density at radius 1 is 1.26 bits per heavy atom. The molecule has 0 unspecified atom stereocenters. The van der Waals surface area contributed by atoms with Crippen LogP contribution in [-0.2, 0) is 0 Å². The predicted molar refractivity (Wildman–Crippen MR) is 90.9 cm³/mol. The molecule has 0 aliphatic carbocycles. The number of ether oxygens (including phenoxy) is 1.